The van der Waals surface area contributed by atoms with Gasteiger partial charge < -0.3 is 10.2 Å². The van der Waals surface area contributed by atoms with E-state index in [0.29, 0.717) is 6.54 Å². The van der Waals surface area contributed by atoms with Gasteiger partial charge in [-0.3, -0.25) is 0 Å². The van der Waals surface area contributed by atoms with Crippen molar-refractivity contribution >= 4 is 11.4 Å². The summed E-state index contributed by atoms with van der Waals surface area (Å²) in [6.45, 7) is 2.59. The van der Waals surface area contributed by atoms with Crippen molar-refractivity contribution in [3.05, 3.63) is 24.3 Å². The molecule has 1 aromatic carbocycles. The fourth-order valence-electron chi connectivity index (χ4n) is 1.32. The van der Waals surface area contributed by atoms with Gasteiger partial charge in [0, 0.05) is 20.6 Å². The molecule has 0 aliphatic heterocycles. The van der Waals surface area contributed by atoms with E-state index in [9.17, 15) is 0 Å². The van der Waals surface area contributed by atoms with Crippen LogP contribution in [0.25, 0.3) is 0 Å². The molecular formula is C12H17N3. The Morgan fingerprint density at radius 3 is 2.67 bits per heavy atom. The van der Waals surface area contributed by atoms with Gasteiger partial charge in [0.05, 0.1) is 23.4 Å². The van der Waals surface area contributed by atoms with Crippen molar-refractivity contribution in [1.29, 1.82) is 5.26 Å². The normalized spacial score (nSPS) is 11.6. The summed E-state index contributed by atoms with van der Waals surface area (Å²) in [6.07, 6.45) is 0. The summed E-state index contributed by atoms with van der Waals surface area (Å²) in [5.41, 5.74) is 2.22. The van der Waals surface area contributed by atoms with Crippen LogP contribution in [-0.2, 0) is 0 Å². The third-order valence-corrected chi connectivity index (χ3v) is 2.20. The predicted molar refractivity (Wildman–Crippen MR) is 64.0 cm³/mol. The lowest BCUT2D eigenvalue weighted by Crippen LogP contribution is -2.15. The Morgan fingerprint density at radius 1 is 1.40 bits per heavy atom. The van der Waals surface area contributed by atoms with Crippen molar-refractivity contribution in [1.82, 2.24) is 0 Å². The summed E-state index contributed by atoms with van der Waals surface area (Å²) >= 11 is 0. The lowest BCUT2D eigenvalue weighted by atomic mass is 10.2. The minimum atomic E-state index is 0.0280. The Balaban J connectivity index is 2.72. The molecule has 0 saturated heterocycles. The highest BCUT2D eigenvalue weighted by Gasteiger charge is 2.04. The highest BCUT2D eigenvalue weighted by atomic mass is 15.1. The SMILES string of the molecule is CC(C#N)CNc1ccccc1N(C)C. The van der Waals surface area contributed by atoms with Crippen molar-refractivity contribution in [2.75, 3.05) is 30.9 Å². The molecule has 1 unspecified atom stereocenters. The van der Waals surface area contributed by atoms with Gasteiger partial charge in [0.15, 0.2) is 0 Å². The van der Waals surface area contributed by atoms with E-state index >= 15 is 0 Å². The van der Waals surface area contributed by atoms with Gasteiger partial charge in [0.1, 0.15) is 0 Å². The average Bonchev–Trinajstić information content (AvgIpc) is 2.26. The minimum Gasteiger partial charge on any atom is -0.382 e. The zero-order valence-corrected chi connectivity index (χ0v) is 9.49. The Bertz CT molecular complexity index is 352. The highest BCUT2D eigenvalue weighted by molar-refractivity contribution is 5.69. The molecule has 0 radical (unpaired) electrons. The molecule has 0 spiro atoms. The first-order valence-electron chi connectivity index (χ1n) is 5.05. The van der Waals surface area contributed by atoms with Crippen molar-refractivity contribution in [3.8, 4) is 6.07 Å². The number of nitriles is 1. The molecule has 0 saturated carbocycles. The Hall–Kier alpha value is -1.69. The zero-order valence-electron chi connectivity index (χ0n) is 9.49. The van der Waals surface area contributed by atoms with Gasteiger partial charge in [-0.1, -0.05) is 12.1 Å². The first kappa shape index (κ1) is 11.4. The molecule has 1 atom stereocenters. The predicted octanol–water partition coefficient (Wildman–Crippen LogP) is 2.32. The second-order valence-electron chi connectivity index (χ2n) is 3.82. The Kier molecular flexibility index (Phi) is 3.99. The van der Waals surface area contributed by atoms with Gasteiger partial charge >= 0.3 is 0 Å². The van der Waals surface area contributed by atoms with E-state index < -0.39 is 0 Å². The van der Waals surface area contributed by atoms with Crippen LogP contribution < -0.4 is 10.2 Å². The minimum absolute atomic E-state index is 0.0280. The molecule has 0 amide bonds. The maximum atomic E-state index is 8.69. The number of nitrogens with zero attached hydrogens (tertiary/aromatic N) is 2. The van der Waals surface area contributed by atoms with Crippen LogP contribution >= 0.6 is 0 Å². The van der Waals surface area contributed by atoms with Gasteiger partial charge in [0.25, 0.3) is 0 Å². The Morgan fingerprint density at radius 2 is 2.07 bits per heavy atom. The molecule has 15 heavy (non-hydrogen) atoms. The fraction of sp³-hybridized carbons (Fsp3) is 0.417. The van der Waals surface area contributed by atoms with Crippen molar-refractivity contribution in [2.45, 2.75) is 6.92 Å². The number of anilines is 2. The molecule has 0 heterocycles. The molecule has 0 aromatic heterocycles. The number of nitrogens with one attached hydrogen (secondary N) is 1. The van der Waals surface area contributed by atoms with Crippen LogP contribution in [0.4, 0.5) is 11.4 Å². The van der Waals surface area contributed by atoms with E-state index in [1.165, 1.54) is 0 Å². The van der Waals surface area contributed by atoms with Crippen molar-refractivity contribution in [2.24, 2.45) is 5.92 Å². The van der Waals surface area contributed by atoms with Gasteiger partial charge in [-0.2, -0.15) is 5.26 Å². The lowest BCUT2D eigenvalue weighted by Gasteiger charge is -2.18. The van der Waals surface area contributed by atoms with Gasteiger partial charge in [-0.25, -0.2) is 0 Å². The third kappa shape index (κ3) is 3.17. The Labute approximate surface area is 91.3 Å². The zero-order chi connectivity index (χ0) is 11.3. The van der Waals surface area contributed by atoms with Gasteiger partial charge in [-0.05, 0) is 19.1 Å². The summed E-state index contributed by atoms with van der Waals surface area (Å²) in [4.78, 5) is 2.05. The summed E-state index contributed by atoms with van der Waals surface area (Å²) in [7, 11) is 4.02. The molecule has 1 aromatic rings. The van der Waals surface area contributed by atoms with Crippen molar-refractivity contribution < 1.29 is 0 Å². The van der Waals surface area contributed by atoms with E-state index in [1.807, 2.05) is 39.2 Å². The summed E-state index contributed by atoms with van der Waals surface area (Å²) in [5, 5.41) is 12.0. The molecule has 0 aliphatic rings. The topological polar surface area (TPSA) is 39.1 Å². The molecule has 3 nitrogen and oxygen atoms in total. The molecule has 1 N–H and O–H groups in total. The first-order valence-corrected chi connectivity index (χ1v) is 5.05. The van der Waals surface area contributed by atoms with E-state index in [1.54, 1.807) is 0 Å². The monoisotopic (exact) mass is 203 g/mol. The number of para-hydroxylation sites is 2. The summed E-state index contributed by atoms with van der Waals surface area (Å²) < 4.78 is 0. The van der Waals surface area contributed by atoms with E-state index in [0.717, 1.165) is 11.4 Å². The molecule has 1 rings (SSSR count). The van der Waals surface area contributed by atoms with Gasteiger partial charge in [-0.15, -0.1) is 0 Å². The summed E-state index contributed by atoms with van der Waals surface area (Å²) in [5.74, 6) is 0.0280. The van der Waals surface area contributed by atoms with Crippen LogP contribution in [-0.4, -0.2) is 20.6 Å². The molecule has 0 fully saturated rings. The first-order chi connectivity index (χ1) is 7.15. The molecule has 80 valence electrons. The van der Waals surface area contributed by atoms with Crippen LogP contribution in [0.15, 0.2) is 24.3 Å². The number of benzene rings is 1. The second-order valence-corrected chi connectivity index (χ2v) is 3.82. The van der Waals surface area contributed by atoms with Crippen LogP contribution in [0.1, 0.15) is 6.92 Å². The van der Waals surface area contributed by atoms with Crippen LogP contribution in [0.2, 0.25) is 0 Å². The highest BCUT2D eigenvalue weighted by Crippen LogP contribution is 2.23. The largest absolute Gasteiger partial charge is 0.382 e. The number of hydrogen-bond donors (Lipinski definition) is 1. The second kappa shape index (κ2) is 5.26. The van der Waals surface area contributed by atoms with Gasteiger partial charge in [0.2, 0.25) is 0 Å². The third-order valence-electron chi connectivity index (χ3n) is 2.20. The standard InChI is InChI=1S/C12H17N3/c1-10(8-13)9-14-11-6-4-5-7-12(11)15(2)3/h4-7,10,14H,9H2,1-3H3. The van der Waals surface area contributed by atoms with Crippen LogP contribution in [0, 0.1) is 17.2 Å². The molecule has 0 aliphatic carbocycles. The van der Waals surface area contributed by atoms with Crippen LogP contribution in [0.3, 0.4) is 0 Å². The number of rotatable bonds is 4. The van der Waals surface area contributed by atoms with E-state index in [-0.39, 0.29) is 5.92 Å². The quantitative estimate of drug-likeness (QED) is 0.816. The maximum absolute atomic E-state index is 8.69. The van der Waals surface area contributed by atoms with E-state index in [4.69, 9.17) is 5.26 Å². The molecule has 0 bridgehead atoms. The summed E-state index contributed by atoms with van der Waals surface area (Å²) in [6, 6.07) is 10.3. The number of hydrogen-bond acceptors (Lipinski definition) is 3. The molecule has 3 heteroatoms. The maximum Gasteiger partial charge on any atom is 0.0671 e. The smallest absolute Gasteiger partial charge is 0.0671 e. The fourth-order valence-corrected chi connectivity index (χ4v) is 1.32. The average molecular weight is 203 g/mol. The van der Waals surface area contributed by atoms with E-state index in [2.05, 4.69) is 22.4 Å². The van der Waals surface area contributed by atoms with Crippen LogP contribution in [0.5, 0.6) is 0 Å². The van der Waals surface area contributed by atoms with Crippen molar-refractivity contribution in [3.63, 3.8) is 0 Å². The molecular weight excluding hydrogens is 186 g/mol. The lowest BCUT2D eigenvalue weighted by molar-refractivity contribution is 0.786.